The van der Waals surface area contributed by atoms with Crippen LogP contribution in [-0.4, -0.2) is 27.2 Å². The summed E-state index contributed by atoms with van der Waals surface area (Å²) in [6.07, 6.45) is 2.87. The van der Waals surface area contributed by atoms with E-state index in [0.29, 0.717) is 18.8 Å². The van der Waals surface area contributed by atoms with Crippen molar-refractivity contribution in [3.63, 3.8) is 0 Å². The van der Waals surface area contributed by atoms with E-state index in [-0.39, 0.29) is 4.90 Å². The monoisotopic (exact) mass is 284 g/mol. The second kappa shape index (κ2) is 6.00. The molecule has 2 atom stereocenters. The van der Waals surface area contributed by atoms with E-state index >= 15 is 0 Å². The van der Waals surface area contributed by atoms with E-state index < -0.39 is 10.0 Å². The number of hydrogen-bond acceptors (Lipinski definition) is 4. The summed E-state index contributed by atoms with van der Waals surface area (Å²) in [4.78, 5) is 0.143. The van der Waals surface area contributed by atoms with Gasteiger partial charge in [0.1, 0.15) is 0 Å². The summed E-state index contributed by atoms with van der Waals surface area (Å²) in [6.45, 7) is 3.60. The topological polar surface area (TPSA) is 81.4 Å². The molecule has 2 rings (SSSR count). The number of hydrogen-bond donors (Lipinski definition) is 2. The Morgan fingerprint density at radius 2 is 2.00 bits per heavy atom. The number of benzene rings is 1. The highest BCUT2D eigenvalue weighted by Crippen LogP contribution is 2.18. The minimum absolute atomic E-state index is 0.143. The molecule has 1 aromatic carbocycles. The largest absolute Gasteiger partial charge is 0.374 e. The minimum Gasteiger partial charge on any atom is -0.374 e. The molecule has 0 saturated carbocycles. The molecule has 0 aromatic heterocycles. The molecule has 0 bridgehead atoms. The fourth-order valence-electron chi connectivity index (χ4n) is 2.21. The van der Waals surface area contributed by atoms with Crippen molar-refractivity contribution in [1.29, 1.82) is 0 Å². The van der Waals surface area contributed by atoms with Gasteiger partial charge in [-0.15, -0.1) is 0 Å². The Morgan fingerprint density at radius 3 is 2.53 bits per heavy atom. The van der Waals surface area contributed by atoms with Gasteiger partial charge in [0.25, 0.3) is 0 Å². The smallest absolute Gasteiger partial charge is 0.238 e. The highest BCUT2D eigenvalue weighted by molar-refractivity contribution is 7.89. The maximum atomic E-state index is 11.1. The standard InChI is InChI=1S/C13H20N2O3S/c1-10-2-5-12(18-10)9-15-8-11-3-6-13(7-4-11)19(14,16)17/h3-4,6-7,10,12,15H,2,5,8-9H2,1H3,(H2,14,16,17). The van der Waals surface area contributed by atoms with Gasteiger partial charge in [-0.3, -0.25) is 0 Å². The van der Waals surface area contributed by atoms with Gasteiger partial charge in [0, 0.05) is 13.1 Å². The van der Waals surface area contributed by atoms with Gasteiger partial charge < -0.3 is 10.1 Å². The van der Waals surface area contributed by atoms with E-state index in [2.05, 4.69) is 12.2 Å². The van der Waals surface area contributed by atoms with Crippen LogP contribution in [-0.2, 0) is 21.3 Å². The molecule has 1 saturated heterocycles. The van der Waals surface area contributed by atoms with E-state index in [0.717, 1.165) is 24.9 Å². The molecule has 0 spiro atoms. The Balaban J connectivity index is 1.80. The average Bonchev–Trinajstić information content (AvgIpc) is 2.75. The lowest BCUT2D eigenvalue weighted by atomic mass is 10.2. The normalized spacial score (nSPS) is 23.7. The maximum Gasteiger partial charge on any atom is 0.238 e. The lowest BCUT2D eigenvalue weighted by Gasteiger charge is -2.12. The summed E-state index contributed by atoms with van der Waals surface area (Å²) in [7, 11) is -3.60. The van der Waals surface area contributed by atoms with Crippen LogP contribution in [0.1, 0.15) is 25.3 Å². The number of sulfonamides is 1. The van der Waals surface area contributed by atoms with Crippen molar-refractivity contribution in [2.24, 2.45) is 5.14 Å². The zero-order chi connectivity index (χ0) is 13.9. The van der Waals surface area contributed by atoms with Gasteiger partial charge >= 0.3 is 0 Å². The summed E-state index contributed by atoms with van der Waals surface area (Å²) in [5.41, 5.74) is 1.03. The maximum absolute atomic E-state index is 11.1. The van der Waals surface area contributed by atoms with Crippen LogP contribution < -0.4 is 10.5 Å². The van der Waals surface area contributed by atoms with E-state index in [1.807, 2.05) is 0 Å². The zero-order valence-corrected chi connectivity index (χ0v) is 11.8. The van der Waals surface area contributed by atoms with Gasteiger partial charge in [-0.25, -0.2) is 13.6 Å². The van der Waals surface area contributed by atoms with Gasteiger partial charge in [0.2, 0.25) is 10.0 Å². The SMILES string of the molecule is CC1CCC(CNCc2ccc(S(N)(=O)=O)cc2)O1. The second-order valence-electron chi connectivity index (χ2n) is 4.97. The van der Waals surface area contributed by atoms with Crippen LogP contribution in [0.3, 0.4) is 0 Å². The Bertz CT molecular complexity index is 513. The highest BCUT2D eigenvalue weighted by atomic mass is 32.2. The lowest BCUT2D eigenvalue weighted by molar-refractivity contribution is 0.0559. The van der Waals surface area contributed by atoms with Crippen LogP contribution >= 0.6 is 0 Å². The summed E-state index contributed by atoms with van der Waals surface area (Å²) in [5.74, 6) is 0. The molecule has 2 unspecified atom stereocenters. The minimum atomic E-state index is -3.60. The van der Waals surface area contributed by atoms with E-state index in [1.165, 1.54) is 12.1 Å². The number of ether oxygens (including phenoxy) is 1. The lowest BCUT2D eigenvalue weighted by Crippen LogP contribution is -2.26. The number of primary sulfonamides is 1. The molecular formula is C13H20N2O3S. The highest BCUT2D eigenvalue weighted by Gasteiger charge is 2.20. The quantitative estimate of drug-likeness (QED) is 0.845. The fourth-order valence-corrected chi connectivity index (χ4v) is 2.73. The molecule has 5 nitrogen and oxygen atoms in total. The fraction of sp³-hybridized carbons (Fsp3) is 0.538. The van der Waals surface area contributed by atoms with Gasteiger partial charge in [-0.05, 0) is 37.5 Å². The summed E-state index contributed by atoms with van der Waals surface area (Å²) >= 11 is 0. The number of nitrogens with one attached hydrogen (secondary N) is 1. The van der Waals surface area contributed by atoms with Gasteiger partial charge in [-0.1, -0.05) is 12.1 Å². The number of nitrogens with two attached hydrogens (primary N) is 1. The van der Waals surface area contributed by atoms with Gasteiger partial charge in [-0.2, -0.15) is 0 Å². The van der Waals surface area contributed by atoms with E-state index in [9.17, 15) is 8.42 Å². The third kappa shape index (κ3) is 4.28. The summed E-state index contributed by atoms with van der Waals surface area (Å²) < 4.78 is 27.9. The van der Waals surface area contributed by atoms with Crippen molar-refractivity contribution < 1.29 is 13.2 Å². The van der Waals surface area contributed by atoms with Crippen LogP contribution in [0.5, 0.6) is 0 Å². The third-order valence-electron chi connectivity index (χ3n) is 3.27. The van der Waals surface area contributed by atoms with Crippen molar-refractivity contribution in [1.82, 2.24) is 5.32 Å². The van der Waals surface area contributed by atoms with Crippen molar-refractivity contribution in [3.8, 4) is 0 Å². The van der Waals surface area contributed by atoms with Crippen LogP contribution in [0.4, 0.5) is 0 Å². The van der Waals surface area contributed by atoms with Gasteiger partial charge in [0.15, 0.2) is 0 Å². The molecule has 0 amide bonds. The molecule has 106 valence electrons. The molecule has 1 aliphatic rings. The van der Waals surface area contributed by atoms with Crippen molar-refractivity contribution in [2.75, 3.05) is 6.54 Å². The van der Waals surface area contributed by atoms with Crippen molar-refractivity contribution in [2.45, 2.75) is 43.4 Å². The number of rotatable bonds is 5. The van der Waals surface area contributed by atoms with Crippen LogP contribution in [0.25, 0.3) is 0 Å². The van der Waals surface area contributed by atoms with Crippen molar-refractivity contribution in [3.05, 3.63) is 29.8 Å². The molecule has 1 aliphatic heterocycles. The van der Waals surface area contributed by atoms with E-state index in [1.54, 1.807) is 12.1 Å². The predicted molar refractivity (Wildman–Crippen MR) is 73.1 cm³/mol. The molecule has 1 heterocycles. The van der Waals surface area contributed by atoms with E-state index in [4.69, 9.17) is 9.88 Å². The molecule has 3 N–H and O–H groups in total. The third-order valence-corrected chi connectivity index (χ3v) is 4.20. The van der Waals surface area contributed by atoms with Gasteiger partial charge in [0.05, 0.1) is 17.1 Å². The first-order chi connectivity index (χ1) is 8.95. The predicted octanol–water partition coefficient (Wildman–Crippen LogP) is 0.991. The first kappa shape index (κ1) is 14.5. The molecule has 0 radical (unpaired) electrons. The summed E-state index contributed by atoms with van der Waals surface area (Å²) in [6, 6.07) is 6.59. The Labute approximate surface area is 114 Å². The molecule has 19 heavy (non-hydrogen) atoms. The Morgan fingerprint density at radius 1 is 1.32 bits per heavy atom. The van der Waals surface area contributed by atoms with Crippen LogP contribution in [0.2, 0.25) is 0 Å². The Hall–Kier alpha value is -0.950. The first-order valence-electron chi connectivity index (χ1n) is 6.43. The first-order valence-corrected chi connectivity index (χ1v) is 7.98. The molecule has 1 fully saturated rings. The molecule has 6 heteroatoms. The molecular weight excluding hydrogens is 264 g/mol. The zero-order valence-electron chi connectivity index (χ0n) is 11.0. The summed E-state index contributed by atoms with van der Waals surface area (Å²) in [5, 5.41) is 8.36. The molecule has 1 aromatic rings. The molecule has 0 aliphatic carbocycles. The van der Waals surface area contributed by atoms with Crippen LogP contribution in [0.15, 0.2) is 29.2 Å². The second-order valence-corrected chi connectivity index (χ2v) is 6.53. The van der Waals surface area contributed by atoms with Crippen molar-refractivity contribution >= 4 is 10.0 Å². The Kier molecular flexibility index (Phi) is 4.57. The average molecular weight is 284 g/mol. The van der Waals surface area contributed by atoms with Crippen LogP contribution in [0, 0.1) is 0 Å².